The van der Waals surface area contributed by atoms with Gasteiger partial charge < -0.3 is 9.47 Å². The second-order valence-electron chi connectivity index (χ2n) is 3.64. The van der Waals surface area contributed by atoms with Gasteiger partial charge in [-0.3, -0.25) is 0 Å². The van der Waals surface area contributed by atoms with E-state index in [-0.39, 0.29) is 13.2 Å². The molecule has 0 aliphatic rings. The third-order valence-corrected chi connectivity index (χ3v) is 2.42. The lowest BCUT2D eigenvalue weighted by Crippen LogP contribution is -2.10. The van der Waals surface area contributed by atoms with E-state index in [1.54, 1.807) is 0 Å². The van der Waals surface area contributed by atoms with E-state index in [1.807, 2.05) is 48.4 Å². The van der Waals surface area contributed by atoms with Crippen LogP contribution in [0.1, 0.15) is 0 Å². The van der Waals surface area contributed by atoms with Crippen LogP contribution in [0, 0.1) is 12.3 Å². The first-order valence-electron chi connectivity index (χ1n) is 5.54. The minimum absolute atomic E-state index is 0.149. The highest BCUT2D eigenvalue weighted by atomic mass is 16.6. The van der Waals surface area contributed by atoms with Gasteiger partial charge in [-0.05, 0) is 22.9 Å². The highest BCUT2D eigenvalue weighted by molar-refractivity contribution is 5.87. The van der Waals surface area contributed by atoms with E-state index in [2.05, 4.69) is 0 Å². The average Bonchev–Trinajstić information content (AvgIpc) is 2.43. The van der Waals surface area contributed by atoms with E-state index in [0.717, 1.165) is 16.5 Å². The normalized spacial score (nSPS) is 9.72. The zero-order chi connectivity index (χ0) is 12.8. The van der Waals surface area contributed by atoms with Gasteiger partial charge in [0.05, 0.1) is 0 Å². The standard InChI is InChI=1S/C15H12O3/c1-2-15(16)18-10-9-17-14-8-7-12-5-3-4-6-13(12)11-14/h1,3-8,11H,9-10H2. The zero-order valence-electron chi connectivity index (χ0n) is 9.76. The van der Waals surface area contributed by atoms with Crippen molar-refractivity contribution in [2.24, 2.45) is 0 Å². The number of ether oxygens (including phenoxy) is 2. The maximum Gasteiger partial charge on any atom is 0.384 e. The molecule has 3 nitrogen and oxygen atoms in total. The first-order valence-corrected chi connectivity index (χ1v) is 5.54. The fraction of sp³-hybridized carbons (Fsp3) is 0.133. The molecule has 0 radical (unpaired) electrons. The lowest BCUT2D eigenvalue weighted by Gasteiger charge is -2.07. The third-order valence-electron chi connectivity index (χ3n) is 2.42. The molecule has 0 N–H and O–H groups in total. The molecule has 2 aromatic carbocycles. The van der Waals surface area contributed by atoms with E-state index in [4.69, 9.17) is 15.9 Å². The molecule has 0 saturated carbocycles. The van der Waals surface area contributed by atoms with E-state index in [0.29, 0.717) is 0 Å². The molecule has 0 aliphatic carbocycles. The number of esters is 1. The molecule has 0 aromatic heterocycles. The molecule has 0 amide bonds. The van der Waals surface area contributed by atoms with Crippen LogP contribution in [0.4, 0.5) is 0 Å². The van der Waals surface area contributed by atoms with Crippen molar-refractivity contribution in [2.75, 3.05) is 13.2 Å². The number of terminal acetylenes is 1. The average molecular weight is 240 g/mol. The second-order valence-corrected chi connectivity index (χ2v) is 3.64. The summed E-state index contributed by atoms with van der Waals surface area (Å²) in [5, 5.41) is 2.26. The Bertz CT molecular complexity index is 596. The van der Waals surface area contributed by atoms with Crippen molar-refractivity contribution in [3.05, 3.63) is 42.5 Å². The Labute approximate surface area is 105 Å². The van der Waals surface area contributed by atoms with Gasteiger partial charge in [0.2, 0.25) is 0 Å². The summed E-state index contributed by atoms with van der Waals surface area (Å²) in [6.07, 6.45) is 4.86. The molecular weight excluding hydrogens is 228 g/mol. The van der Waals surface area contributed by atoms with Crippen LogP contribution >= 0.6 is 0 Å². The summed E-state index contributed by atoms with van der Waals surface area (Å²) in [5.74, 6) is 1.94. The molecule has 0 spiro atoms. The Morgan fingerprint density at radius 1 is 1.11 bits per heavy atom. The smallest absolute Gasteiger partial charge is 0.384 e. The van der Waals surface area contributed by atoms with Gasteiger partial charge in [0, 0.05) is 5.92 Å². The number of benzene rings is 2. The largest absolute Gasteiger partial charge is 0.490 e. The van der Waals surface area contributed by atoms with Crippen LogP contribution in [0.25, 0.3) is 10.8 Å². The van der Waals surface area contributed by atoms with Crippen LogP contribution in [-0.2, 0) is 9.53 Å². The number of carbonyl (C=O) groups excluding carboxylic acids is 1. The van der Waals surface area contributed by atoms with Crippen LogP contribution < -0.4 is 4.74 Å². The maximum absolute atomic E-state index is 10.7. The Morgan fingerprint density at radius 3 is 2.67 bits per heavy atom. The van der Waals surface area contributed by atoms with Gasteiger partial charge in [-0.2, -0.15) is 0 Å². The molecule has 0 aliphatic heterocycles. The fourth-order valence-corrected chi connectivity index (χ4v) is 1.59. The predicted molar refractivity (Wildman–Crippen MR) is 69.2 cm³/mol. The van der Waals surface area contributed by atoms with Crippen LogP contribution in [0.5, 0.6) is 5.75 Å². The van der Waals surface area contributed by atoms with Gasteiger partial charge in [-0.25, -0.2) is 4.79 Å². The Kier molecular flexibility index (Phi) is 3.83. The van der Waals surface area contributed by atoms with Crippen molar-refractivity contribution < 1.29 is 14.3 Å². The molecule has 0 fully saturated rings. The van der Waals surface area contributed by atoms with Crippen molar-refractivity contribution in [2.45, 2.75) is 0 Å². The van der Waals surface area contributed by atoms with Gasteiger partial charge in [0.25, 0.3) is 0 Å². The number of hydrogen-bond acceptors (Lipinski definition) is 3. The van der Waals surface area contributed by atoms with Crippen LogP contribution in [0.2, 0.25) is 0 Å². The number of fused-ring (bicyclic) bond motifs is 1. The molecule has 2 rings (SSSR count). The number of rotatable bonds is 4. The summed E-state index contributed by atoms with van der Waals surface area (Å²) in [7, 11) is 0. The lowest BCUT2D eigenvalue weighted by atomic mass is 10.1. The molecule has 0 saturated heterocycles. The van der Waals surface area contributed by atoms with E-state index >= 15 is 0 Å². The third kappa shape index (κ3) is 3.02. The molecule has 90 valence electrons. The quantitative estimate of drug-likeness (QED) is 0.356. The van der Waals surface area contributed by atoms with Gasteiger partial charge in [0.15, 0.2) is 0 Å². The summed E-state index contributed by atoms with van der Waals surface area (Å²) in [6, 6.07) is 13.8. The predicted octanol–water partition coefficient (Wildman–Crippen LogP) is 2.40. The minimum atomic E-state index is -0.669. The number of carbonyl (C=O) groups is 1. The highest BCUT2D eigenvalue weighted by Crippen LogP contribution is 2.20. The van der Waals surface area contributed by atoms with Crippen LogP contribution in [-0.4, -0.2) is 19.2 Å². The van der Waals surface area contributed by atoms with Gasteiger partial charge in [0.1, 0.15) is 19.0 Å². The Hall–Kier alpha value is -2.47. The summed E-state index contributed by atoms with van der Waals surface area (Å²) < 4.78 is 10.2. The molecule has 0 unspecified atom stereocenters. The Balaban J connectivity index is 1.92. The van der Waals surface area contributed by atoms with Crippen LogP contribution in [0.15, 0.2) is 42.5 Å². The van der Waals surface area contributed by atoms with Crippen molar-refractivity contribution >= 4 is 16.7 Å². The summed E-state index contributed by atoms with van der Waals surface area (Å²) in [5.41, 5.74) is 0. The van der Waals surface area contributed by atoms with E-state index in [9.17, 15) is 4.79 Å². The lowest BCUT2D eigenvalue weighted by molar-refractivity contribution is -0.137. The monoisotopic (exact) mass is 240 g/mol. The number of hydrogen-bond donors (Lipinski definition) is 0. The molecule has 2 aromatic rings. The summed E-state index contributed by atoms with van der Waals surface area (Å²) in [4.78, 5) is 10.7. The molecule has 3 heteroatoms. The van der Waals surface area contributed by atoms with Crippen LogP contribution in [0.3, 0.4) is 0 Å². The molecule has 0 heterocycles. The van der Waals surface area contributed by atoms with Crippen molar-refractivity contribution in [3.63, 3.8) is 0 Å². The molecule has 0 atom stereocenters. The maximum atomic E-state index is 10.7. The second kappa shape index (κ2) is 5.74. The molecule has 0 bridgehead atoms. The molecular formula is C15H12O3. The summed E-state index contributed by atoms with van der Waals surface area (Å²) >= 11 is 0. The van der Waals surface area contributed by atoms with Gasteiger partial charge >= 0.3 is 5.97 Å². The topological polar surface area (TPSA) is 35.5 Å². The van der Waals surface area contributed by atoms with Crippen molar-refractivity contribution in [1.29, 1.82) is 0 Å². The van der Waals surface area contributed by atoms with Crippen molar-refractivity contribution in [1.82, 2.24) is 0 Å². The first kappa shape index (κ1) is 12.0. The summed E-state index contributed by atoms with van der Waals surface area (Å²) in [6.45, 7) is 0.432. The zero-order valence-corrected chi connectivity index (χ0v) is 9.76. The van der Waals surface area contributed by atoms with Gasteiger partial charge in [-0.15, -0.1) is 6.42 Å². The van der Waals surface area contributed by atoms with Gasteiger partial charge in [-0.1, -0.05) is 30.3 Å². The van der Waals surface area contributed by atoms with E-state index < -0.39 is 5.97 Å². The van der Waals surface area contributed by atoms with E-state index in [1.165, 1.54) is 0 Å². The first-order chi connectivity index (χ1) is 8.79. The molecule has 18 heavy (non-hydrogen) atoms. The van der Waals surface area contributed by atoms with Crippen molar-refractivity contribution in [3.8, 4) is 18.1 Å². The Morgan fingerprint density at radius 2 is 1.89 bits per heavy atom. The SMILES string of the molecule is C#CC(=O)OCCOc1ccc2ccccc2c1. The highest BCUT2D eigenvalue weighted by Gasteiger charge is 1.99. The fourth-order valence-electron chi connectivity index (χ4n) is 1.59. The minimum Gasteiger partial charge on any atom is -0.490 e.